The van der Waals surface area contributed by atoms with Crippen molar-refractivity contribution in [3.05, 3.63) is 74.7 Å². The summed E-state index contributed by atoms with van der Waals surface area (Å²) in [6, 6.07) is 11.6. The van der Waals surface area contributed by atoms with Crippen molar-refractivity contribution < 1.29 is 10.2 Å². The first-order valence-corrected chi connectivity index (χ1v) is 10.4. The van der Waals surface area contributed by atoms with Crippen molar-refractivity contribution in [1.29, 1.82) is 0 Å². The molecule has 29 heavy (non-hydrogen) atoms. The molecule has 2 aromatic carbocycles. The molecule has 0 unspecified atom stereocenters. The van der Waals surface area contributed by atoms with E-state index >= 15 is 0 Å². The molecule has 0 aliphatic rings. The Morgan fingerprint density at radius 3 is 2.41 bits per heavy atom. The van der Waals surface area contributed by atoms with Gasteiger partial charge >= 0.3 is 0 Å². The fraction of sp³-hybridized carbons (Fsp3) is 0.0909. The van der Waals surface area contributed by atoms with Crippen LogP contribution in [0.4, 0.5) is 5.69 Å². The zero-order valence-electron chi connectivity index (χ0n) is 15.7. The SMILES string of the molecule is Cc1cn2cc(-c3ccc(/N=C/c4cc(Br)c(O)c(Br)c4O)cc3)cc2c(C)n1. The average molecular weight is 515 g/mol. The van der Waals surface area contributed by atoms with E-state index in [1.807, 2.05) is 44.3 Å². The number of phenols is 2. The van der Waals surface area contributed by atoms with E-state index in [4.69, 9.17) is 0 Å². The highest BCUT2D eigenvalue weighted by atomic mass is 79.9. The van der Waals surface area contributed by atoms with E-state index < -0.39 is 0 Å². The van der Waals surface area contributed by atoms with Crippen LogP contribution in [0.3, 0.4) is 0 Å². The number of aromatic hydroxyl groups is 2. The minimum atomic E-state index is -0.0640. The van der Waals surface area contributed by atoms with E-state index in [-0.39, 0.29) is 16.0 Å². The monoisotopic (exact) mass is 513 g/mol. The molecule has 2 aromatic heterocycles. The molecular weight excluding hydrogens is 498 g/mol. The van der Waals surface area contributed by atoms with Gasteiger partial charge in [-0.15, -0.1) is 0 Å². The van der Waals surface area contributed by atoms with Crippen molar-refractivity contribution >= 4 is 49.3 Å². The molecule has 0 fully saturated rings. The van der Waals surface area contributed by atoms with Crippen molar-refractivity contribution in [2.75, 3.05) is 0 Å². The van der Waals surface area contributed by atoms with E-state index in [0.717, 1.165) is 33.7 Å². The molecule has 0 saturated carbocycles. The summed E-state index contributed by atoms with van der Waals surface area (Å²) in [6.07, 6.45) is 5.67. The van der Waals surface area contributed by atoms with E-state index in [1.165, 1.54) is 0 Å². The molecule has 4 aromatic rings. The predicted octanol–water partition coefficient (Wildman–Crippen LogP) is 6.30. The highest BCUT2D eigenvalue weighted by Gasteiger charge is 2.12. The van der Waals surface area contributed by atoms with Gasteiger partial charge in [0.15, 0.2) is 0 Å². The molecule has 2 heterocycles. The van der Waals surface area contributed by atoms with Crippen LogP contribution in [0.5, 0.6) is 11.5 Å². The van der Waals surface area contributed by atoms with Gasteiger partial charge in [0, 0.05) is 29.7 Å². The first-order chi connectivity index (χ1) is 13.8. The van der Waals surface area contributed by atoms with Crippen molar-refractivity contribution in [2.45, 2.75) is 13.8 Å². The molecule has 0 atom stereocenters. The van der Waals surface area contributed by atoms with Crippen LogP contribution in [-0.4, -0.2) is 25.8 Å². The van der Waals surface area contributed by atoms with Crippen LogP contribution in [0, 0.1) is 13.8 Å². The summed E-state index contributed by atoms with van der Waals surface area (Å²) in [7, 11) is 0. The third kappa shape index (κ3) is 3.80. The molecule has 5 nitrogen and oxygen atoms in total. The molecule has 0 aliphatic carbocycles. The summed E-state index contributed by atoms with van der Waals surface area (Å²) < 4.78 is 2.80. The minimum Gasteiger partial charge on any atom is -0.506 e. The standard InChI is InChI=1S/C22H17Br2N3O2/c1-12-10-27-11-16(8-19(27)13(2)26-12)14-3-5-17(6-4-14)25-9-15-7-18(23)22(29)20(24)21(15)28/h3-11,28-29H,1-2H3/b25-9+. The highest BCUT2D eigenvalue weighted by molar-refractivity contribution is 9.11. The Morgan fingerprint density at radius 2 is 1.69 bits per heavy atom. The van der Waals surface area contributed by atoms with Gasteiger partial charge in [0.1, 0.15) is 16.0 Å². The molecule has 2 N–H and O–H groups in total. The number of aliphatic imine (C=N–C) groups is 1. The molecule has 146 valence electrons. The molecule has 7 heteroatoms. The summed E-state index contributed by atoms with van der Waals surface area (Å²) in [5.41, 5.74) is 6.52. The Kier molecular flexibility index (Phi) is 5.19. The van der Waals surface area contributed by atoms with Crippen molar-refractivity contribution in [2.24, 2.45) is 4.99 Å². The second-order valence-electron chi connectivity index (χ2n) is 6.75. The third-order valence-corrected chi connectivity index (χ3v) is 6.00. The van der Waals surface area contributed by atoms with Gasteiger partial charge in [-0.25, -0.2) is 0 Å². The minimum absolute atomic E-state index is 0.0513. The fourth-order valence-electron chi connectivity index (χ4n) is 3.19. The van der Waals surface area contributed by atoms with Crippen LogP contribution in [-0.2, 0) is 0 Å². The maximum absolute atomic E-state index is 10.2. The number of aromatic nitrogens is 2. The lowest BCUT2D eigenvalue weighted by molar-refractivity contribution is 0.442. The smallest absolute Gasteiger partial charge is 0.147 e. The Morgan fingerprint density at radius 1 is 0.966 bits per heavy atom. The summed E-state index contributed by atoms with van der Waals surface area (Å²) >= 11 is 6.43. The van der Waals surface area contributed by atoms with Crippen molar-refractivity contribution in [3.8, 4) is 22.6 Å². The van der Waals surface area contributed by atoms with E-state index in [1.54, 1.807) is 12.3 Å². The Bertz CT molecular complexity index is 1260. The Hall–Kier alpha value is -2.64. The van der Waals surface area contributed by atoms with Crippen molar-refractivity contribution in [3.63, 3.8) is 0 Å². The van der Waals surface area contributed by atoms with E-state index in [9.17, 15) is 10.2 Å². The topological polar surface area (TPSA) is 70.1 Å². The molecule has 0 spiro atoms. The maximum Gasteiger partial charge on any atom is 0.147 e. The molecule has 0 amide bonds. The van der Waals surface area contributed by atoms with E-state index in [2.05, 4.69) is 58.5 Å². The van der Waals surface area contributed by atoms with Crippen LogP contribution < -0.4 is 0 Å². The molecule has 0 aliphatic heterocycles. The summed E-state index contributed by atoms with van der Waals surface area (Å²) in [5.74, 6) is -0.115. The van der Waals surface area contributed by atoms with Crippen LogP contribution in [0.25, 0.3) is 16.6 Å². The lowest BCUT2D eigenvalue weighted by Gasteiger charge is -2.06. The Labute approximate surface area is 184 Å². The molecule has 4 rings (SSSR count). The van der Waals surface area contributed by atoms with Gasteiger partial charge in [0.05, 0.1) is 27.1 Å². The zero-order chi connectivity index (χ0) is 20.7. The number of rotatable bonds is 3. The molecule has 0 radical (unpaired) electrons. The number of nitrogens with zero attached hydrogens (tertiary/aromatic N) is 3. The number of hydrogen-bond acceptors (Lipinski definition) is 4. The molecule has 0 bridgehead atoms. The van der Waals surface area contributed by atoms with Gasteiger partial charge in [-0.3, -0.25) is 9.98 Å². The number of aryl methyl sites for hydroxylation is 2. The second kappa shape index (κ2) is 7.65. The zero-order valence-corrected chi connectivity index (χ0v) is 18.9. The highest BCUT2D eigenvalue weighted by Crippen LogP contribution is 2.40. The fourth-order valence-corrected chi connectivity index (χ4v) is 4.34. The first-order valence-electron chi connectivity index (χ1n) is 8.84. The second-order valence-corrected chi connectivity index (χ2v) is 8.40. The normalized spacial score (nSPS) is 11.6. The van der Waals surface area contributed by atoms with E-state index in [0.29, 0.717) is 10.0 Å². The van der Waals surface area contributed by atoms with Gasteiger partial charge in [0.25, 0.3) is 0 Å². The van der Waals surface area contributed by atoms with Crippen molar-refractivity contribution in [1.82, 2.24) is 9.38 Å². The number of hydrogen-bond donors (Lipinski definition) is 2. The summed E-state index contributed by atoms with van der Waals surface area (Å²) in [6.45, 7) is 4.00. The summed E-state index contributed by atoms with van der Waals surface area (Å²) in [5, 5.41) is 20.0. The third-order valence-electron chi connectivity index (χ3n) is 4.64. The molecule has 0 saturated heterocycles. The lowest BCUT2D eigenvalue weighted by Crippen LogP contribution is -1.92. The number of halogens is 2. The summed E-state index contributed by atoms with van der Waals surface area (Å²) in [4.78, 5) is 8.95. The number of phenolic OH excluding ortho intramolecular Hbond substituents is 2. The van der Waals surface area contributed by atoms with Crippen LogP contribution >= 0.6 is 31.9 Å². The molecular formula is C22H17Br2N3O2. The van der Waals surface area contributed by atoms with Gasteiger partial charge in [-0.1, -0.05) is 12.1 Å². The van der Waals surface area contributed by atoms with Gasteiger partial charge in [-0.2, -0.15) is 0 Å². The predicted molar refractivity (Wildman–Crippen MR) is 123 cm³/mol. The average Bonchev–Trinajstić information content (AvgIpc) is 3.13. The van der Waals surface area contributed by atoms with Gasteiger partial charge in [-0.05, 0) is 75.5 Å². The van der Waals surface area contributed by atoms with Crippen LogP contribution in [0.2, 0.25) is 0 Å². The first kappa shape index (κ1) is 19.7. The quantitative estimate of drug-likeness (QED) is 0.315. The maximum atomic E-state index is 10.2. The van der Waals surface area contributed by atoms with Crippen LogP contribution in [0.1, 0.15) is 17.0 Å². The number of benzene rings is 2. The van der Waals surface area contributed by atoms with Crippen LogP contribution in [0.15, 0.2) is 62.7 Å². The van der Waals surface area contributed by atoms with Gasteiger partial charge < -0.3 is 14.6 Å². The largest absolute Gasteiger partial charge is 0.506 e. The lowest BCUT2D eigenvalue weighted by atomic mass is 10.1. The Balaban J connectivity index is 1.62. The number of fused-ring (bicyclic) bond motifs is 1. The van der Waals surface area contributed by atoms with Gasteiger partial charge in [0.2, 0.25) is 0 Å².